The lowest BCUT2D eigenvalue weighted by molar-refractivity contribution is -0.132. The highest BCUT2D eigenvalue weighted by Crippen LogP contribution is 2.34. The Morgan fingerprint density at radius 1 is 1.43 bits per heavy atom. The van der Waals surface area contributed by atoms with E-state index < -0.39 is 11.9 Å². The lowest BCUT2D eigenvalue weighted by atomic mass is 9.96. The number of nitrogens with one attached hydrogen (secondary N) is 1. The molecule has 0 radical (unpaired) electrons. The molecule has 6 nitrogen and oxygen atoms in total. The van der Waals surface area contributed by atoms with E-state index in [1.807, 2.05) is 18.4 Å². The molecule has 0 saturated heterocycles. The maximum absolute atomic E-state index is 14.1. The minimum atomic E-state index is -0.484. The predicted octanol–water partition coefficient (Wildman–Crippen LogP) is 3.83. The van der Waals surface area contributed by atoms with Crippen molar-refractivity contribution in [3.63, 3.8) is 0 Å². The first kappa shape index (κ1) is 18.5. The van der Waals surface area contributed by atoms with Crippen LogP contribution in [0.5, 0.6) is 0 Å². The molecule has 1 aliphatic heterocycles. The third-order valence-corrected chi connectivity index (χ3v) is 5.92. The van der Waals surface area contributed by atoms with E-state index >= 15 is 0 Å². The summed E-state index contributed by atoms with van der Waals surface area (Å²) in [5, 5.41) is 8.73. The average molecular weight is 398 g/mol. The first-order valence-electron chi connectivity index (χ1n) is 9.02. The van der Waals surface area contributed by atoms with E-state index in [2.05, 4.69) is 15.1 Å². The van der Waals surface area contributed by atoms with E-state index in [4.69, 9.17) is 0 Å². The van der Waals surface area contributed by atoms with Crippen molar-refractivity contribution in [1.29, 1.82) is 0 Å². The van der Waals surface area contributed by atoms with Gasteiger partial charge in [0.25, 0.3) is 5.56 Å². The van der Waals surface area contributed by atoms with Crippen LogP contribution in [-0.4, -0.2) is 26.6 Å². The molecule has 0 bridgehead atoms. The molecule has 3 aromatic rings. The molecule has 0 spiro atoms. The molecule has 0 saturated carbocycles. The van der Waals surface area contributed by atoms with Gasteiger partial charge in [0.1, 0.15) is 10.6 Å². The van der Waals surface area contributed by atoms with Gasteiger partial charge in [-0.3, -0.25) is 14.6 Å². The third kappa shape index (κ3) is 2.93. The molecular formula is C20H19FN4O2S. The van der Waals surface area contributed by atoms with Crippen LogP contribution in [0.25, 0.3) is 10.2 Å². The number of halogens is 1. The maximum atomic E-state index is 14.1. The molecule has 28 heavy (non-hydrogen) atoms. The van der Waals surface area contributed by atoms with E-state index in [1.54, 1.807) is 20.0 Å². The van der Waals surface area contributed by atoms with Crippen LogP contribution < -0.4 is 5.56 Å². The standard InChI is InChI=1S/C20H19FN4O2S/c1-4-17(26)25-16(12-7-14(21)11(3)22-9-12)8-15(24-25)18-10(2)13-5-6-28-20(13)23-19(18)27/h5-7,9,16H,4,8H2,1-3H3,(H,23,27). The van der Waals surface area contributed by atoms with E-state index in [0.717, 1.165) is 15.8 Å². The van der Waals surface area contributed by atoms with Crippen LogP contribution in [-0.2, 0) is 4.79 Å². The quantitative estimate of drug-likeness (QED) is 0.728. The van der Waals surface area contributed by atoms with Crippen molar-refractivity contribution in [2.24, 2.45) is 5.10 Å². The largest absolute Gasteiger partial charge is 0.313 e. The van der Waals surface area contributed by atoms with E-state index in [0.29, 0.717) is 29.0 Å². The van der Waals surface area contributed by atoms with Crippen LogP contribution in [0.3, 0.4) is 0 Å². The second kappa shape index (κ2) is 6.94. The Balaban J connectivity index is 1.82. The van der Waals surface area contributed by atoms with Gasteiger partial charge in [0.05, 0.1) is 23.0 Å². The second-order valence-corrected chi connectivity index (χ2v) is 7.73. The summed E-state index contributed by atoms with van der Waals surface area (Å²) in [5.74, 6) is -0.616. The summed E-state index contributed by atoms with van der Waals surface area (Å²) in [4.78, 5) is 33.0. The Hall–Kier alpha value is -2.87. The zero-order valence-corrected chi connectivity index (χ0v) is 16.6. The molecule has 1 unspecified atom stereocenters. The topological polar surface area (TPSA) is 78.4 Å². The van der Waals surface area contributed by atoms with E-state index in [-0.39, 0.29) is 17.9 Å². The van der Waals surface area contributed by atoms with Gasteiger partial charge in [-0.25, -0.2) is 9.40 Å². The number of carbonyl (C=O) groups is 1. The third-order valence-electron chi connectivity index (χ3n) is 5.09. The van der Waals surface area contributed by atoms with Crippen molar-refractivity contribution in [2.75, 3.05) is 0 Å². The van der Waals surface area contributed by atoms with Crippen molar-refractivity contribution in [2.45, 2.75) is 39.7 Å². The minimum absolute atomic E-state index is 0.188. The number of nitrogens with zero attached hydrogens (tertiary/aromatic N) is 3. The summed E-state index contributed by atoms with van der Waals surface area (Å²) < 4.78 is 14.1. The monoisotopic (exact) mass is 398 g/mol. The van der Waals surface area contributed by atoms with Crippen LogP contribution in [0.4, 0.5) is 4.39 Å². The number of H-pyrrole nitrogens is 1. The molecule has 0 fully saturated rings. The van der Waals surface area contributed by atoms with Gasteiger partial charge in [0, 0.05) is 24.4 Å². The molecule has 144 valence electrons. The highest BCUT2D eigenvalue weighted by atomic mass is 32.1. The maximum Gasteiger partial charge on any atom is 0.258 e. The number of thiophene rings is 1. The van der Waals surface area contributed by atoms with Crippen LogP contribution in [0.2, 0.25) is 0 Å². The number of hydrazone groups is 1. The number of hydrogen-bond acceptors (Lipinski definition) is 5. The Morgan fingerprint density at radius 3 is 2.93 bits per heavy atom. The Morgan fingerprint density at radius 2 is 2.21 bits per heavy atom. The fourth-order valence-electron chi connectivity index (χ4n) is 3.54. The lowest BCUT2D eigenvalue weighted by Crippen LogP contribution is -2.26. The molecule has 4 heterocycles. The van der Waals surface area contributed by atoms with Crippen LogP contribution in [0.15, 0.2) is 33.6 Å². The number of carbonyl (C=O) groups excluding carboxylic acids is 1. The number of hydrogen-bond donors (Lipinski definition) is 1. The smallest absolute Gasteiger partial charge is 0.258 e. The van der Waals surface area contributed by atoms with Crippen molar-refractivity contribution < 1.29 is 9.18 Å². The Bertz CT molecular complexity index is 1180. The summed E-state index contributed by atoms with van der Waals surface area (Å²) in [5.41, 5.74) is 2.46. The van der Waals surface area contributed by atoms with Crippen molar-refractivity contribution in [1.82, 2.24) is 15.0 Å². The lowest BCUT2D eigenvalue weighted by Gasteiger charge is -2.21. The molecule has 4 rings (SSSR count). The summed E-state index contributed by atoms with van der Waals surface area (Å²) in [6, 6.07) is 2.86. The molecule has 8 heteroatoms. The Labute approximate surface area is 164 Å². The van der Waals surface area contributed by atoms with Gasteiger partial charge < -0.3 is 4.98 Å². The summed E-state index contributed by atoms with van der Waals surface area (Å²) in [6.45, 7) is 5.22. The van der Waals surface area contributed by atoms with Crippen LogP contribution >= 0.6 is 11.3 Å². The van der Waals surface area contributed by atoms with Gasteiger partial charge in [-0.15, -0.1) is 11.3 Å². The van der Waals surface area contributed by atoms with E-state index in [9.17, 15) is 14.0 Å². The van der Waals surface area contributed by atoms with Gasteiger partial charge in [-0.2, -0.15) is 5.10 Å². The van der Waals surface area contributed by atoms with Gasteiger partial charge in [0.15, 0.2) is 0 Å². The number of aryl methyl sites for hydroxylation is 2. The minimum Gasteiger partial charge on any atom is -0.313 e. The van der Waals surface area contributed by atoms with Crippen molar-refractivity contribution in [3.8, 4) is 0 Å². The second-order valence-electron chi connectivity index (χ2n) is 6.81. The average Bonchev–Trinajstić information content (AvgIpc) is 3.30. The molecule has 1 atom stereocenters. The highest BCUT2D eigenvalue weighted by molar-refractivity contribution is 7.16. The van der Waals surface area contributed by atoms with Gasteiger partial charge in [-0.1, -0.05) is 6.92 Å². The summed E-state index contributed by atoms with van der Waals surface area (Å²) >= 11 is 1.47. The molecule has 0 aliphatic carbocycles. The molecule has 1 N–H and O–H groups in total. The zero-order chi connectivity index (χ0) is 20.0. The zero-order valence-electron chi connectivity index (χ0n) is 15.7. The fourth-order valence-corrected chi connectivity index (χ4v) is 4.38. The number of pyridine rings is 2. The molecule has 3 aromatic heterocycles. The van der Waals surface area contributed by atoms with Gasteiger partial charge >= 0.3 is 0 Å². The molecule has 1 amide bonds. The fraction of sp³-hybridized carbons (Fsp3) is 0.300. The summed E-state index contributed by atoms with van der Waals surface area (Å²) in [6.07, 6.45) is 2.15. The van der Waals surface area contributed by atoms with E-state index in [1.165, 1.54) is 22.4 Å². The van der Waals surface area contributed by atoms with Crippen molar-refractivity contribution >= 4 is 33.2 Å². The number of amides is 1. The SMILES string of the molecule is CCC(=O)N1N=C(c2c(C)c3ccsc3[nH]c2=O)CC1c1cnc(C)c(F)c1. The van der Waals surface area contributed by atoms with Crippen LogP contribution in [0.1, 0.15) is 48.2 Å². The van der Waals surface area contributed by atoms with Gasteiger partial charge in [-0.05, 0) is 42.5 Å². The highest BCUT2D eigenvalue weighted by Gasteiger charge is 2.34. The number of aromatic nitrogens is 2. The first-order valence-corrected chi connectivity index (χ1v) is 9.90. The predicted molar refractivity (Wildman–Crippen MR) is 107 cm³/mol. The molecule has 1 aliphatic rings. The Kier molecular flexibility index (Phi) is 4.58. The normalized spacial score (nSPS) is 16.6. The van der Waals surface area contributed by atoms with Gasteiger partial charge in [0.2, 0.25) is 5.91 Å². The number of fused-ring (bicyclic) bond motifs is 1. The molecular weight excluding hydrogens is 379 g/mol. The number of aromatic amines is 1. The van der Waals surface area contributed by atoms with Crippen LogP contribution in [0, 0.1) is 19.7 Å². The summed E-state index contributed by atoms with van der Waals surface area (Å²) in [7, 11) is 0. The van der Waals surface area contributed by atoms with Crippen molar-refractivity contribution in [3.05, 3.63) is 62.3 Å². The molecule has 0 aromatic carbocycles. The first-order chi connectivity index (χ1) is 13.4. The number of rotatable bonds is 3.